The van der Waals surface area contributed by atoms with Gasteiger partial charge in [-0.3, -0.25) is 4.90 Å². The molecule has 1 heterocycles. The van der Waals surface area contributed by atoms with E-state index in [9.17, 15) is 0 Å². The first-order valence-electron chi connectivity index (χ1n) is 10.0. The molecule has 3 aromatic carbocycles. The highest BCUT2D eigenvalue weighted by Crippen LogP contribution is 2.40. The van der Waals surface area contributed by atoms with E-state index in [-0.39, 0.29) is 0 Å². The van der Waals surface area contributed by atoms with Gasteiger partial charge in [-0.1, -0.05) is 30.3 Å². The highest BCUT2D eigenvalue weighted by atomic mass is 16.5. The summed E-state index contributed by atoms with van der Waals surface area (Å²) in [6.45, 7) is 3.04. The fraction of sp³-hybridized carbons (Fsp3) is 0.280. The van der Waals surface area contributed by atoms with Gasteiger partial charge in [-0.15, -0.1) is 0 Å². The maximum atomic E-state index is 6.11. The summed E-state index contributed by atoms with van der Waals surface area (Å²) >= 11 is 0. The van der Waals surface area contributed by atoms with E-state index in [1.165, 1.54) is 5.56 Å². The predicted octanol–water partition coefficient (Wildman–Crippen LogP) is 4.77. The minimum atomic E-state index is 0.612. The average molecular weight is 405 g/mol. The normalized spacial score (nSPS) is 13.7. The molecule has 0 spiro atoms. The van der Waals surface area contributed by atoms with Crippen LogP contribution in [0, 0.1) is 0 Å². The molecule has 156 valence electrons. The number of para-hydroxylation sites is 1. The smallest absolute Gasteiger partial charge is 0.165 e. The number of fused-ring (bicyclic) bond motifs is 1. The highest BCUT2D eigenvalue weighted by molar-refractivity contribution is 5.74. The molecule has 30 heavy (non-hydrogen) atoms. The van der Waals surface area contributed by atoms with E-state index >= 15 is 0 Å². The van der Waals surface area contributed by atoms with Crippen LogP contribution in [0.25, 0.3) is 11.1 Å². The Hall–Kier alpha value is -3.18. The van der Waals surface area contributed by atoms with Crippen LogP contribution in [0.15, 0.2) is 60.7 Å². The van der Waals surface area contributed by atoms with Crippen LogP contribution in [0.4, 0.5) is 0 Å². The van der Waals surface area contributed by atoms with Gasteiger partial charge in [0.15, 0.2) is 11.5 Å². The molecule has 4 rings (SSSR count). The van der Waals surface area contributed by atoms with Crippen molar-refractivity contribution in [1.29, 1.82) is 0 Å². The zero-order valence-electron chi connectivity index (χ0n) is 17.7. The van der Waals surface area contributed by atoms with E-state index < -0.39 is 0 Å². The summed E-state index contributed by atoms with van der Waals surface area (Å²) in [5, 5.41) is 0. The number of methoxy groups -OCH3 is 3. The van der Waals surface area contributed by atoms with Crippen molar-refractivity contribution in [3.63, 3.8) is 0 Å². The van der Waals surface area contributed by atoms with Gasteiger partial charge in [0.05, 0.1) is 21.3 Å². The van der Waals surface area contributed by atoms with Crippen molar-refractivity contribution in [1.82, 2.24) is 4.90 Å². The first-order chi connectivity index (χ1) is 14.7. The largest absolute Gasteiger partial charge is 0.497 e. The van der Waals surface area contributed by atoms with Crippen LogP contribution in [-0.2, 0) is 13.1 Å². The van der Waals surface area contributed by atoms with Gasteiger partial charge >= 0.3 is 0 Å². The molecule has 0 bridgehead atoms. The van der Waals surface area contributed by atoms with Crippen LogP contribution in [-0.4, -0.2) is 39.4 Å². The van der Waals surface area contributed by atoms with Crippen LogP contribution < -0.4 is 18.9 Å². The maximum Gasteiger partial charge on any atom is 0.165 e. The number of hydrogen-bond acceptors (Lipinski definition) is 5. The number of benzene rings is 3. The molecule has 3 aromatic rings. The van der Waals surface area contributed by atoms with E-state index in [0.717, 1.165) is 59.3 Å². The van der Waals surface area contributed by atoms with Crippen LogP contribution in [0.1, 0.15) is 11.1 Å². The number of ether oxygens (including phenoxy) is 4. The fourth-order valence-electron chi connectivity index (χ4n) is 3.89. The summed E-state index contributed by atoms with van der Waals surface area (Å²) in [4.78, 5) is 2.38. The number of hydrogen-bond donors (Lipinski definition) is 0. The molecule has 0 fully saturated rings. The molecule has 0 atom stereocenters. The lowest BCUT2D eigenvalue weighted by Gasteiger charge is -2.20. The standard InChI is InChI=1S/C25H27NO4/c1-27-21-8-6-7-18(13-21)16-26-11-12-30-25-20(17-26)14-19(15-24(25)29-3)22-9-4-5-10-23(22)28-2/h4-10,13-15H,11-12,16-17H2,1-3H3. The minimum absolute atomic E-state index is 0.612. The lowest BCUT2D eigenvalue weighted by Crippen LogP contribution is -2.25. The zero-order valence-corrected chi connectivity index (χ0v) is 17.7. The van der Waals surface area contributed by atoms with E-state index in [2.05, 4.69) is 29.2 Å². The summed E-state index contributed by atoms with van der Waals surface area (Å²) in [6.07, 6.45) is 0. The molecular weight excluding hydrogens is 378 g/mol. The summed E-state index contributed by atoms with van der Waals surface area (Å²) in [7, 11) is 5.07. The summed E-state index contributed by atoms with van der Waals surface area (Å²) < 4.78 is 22.7. The quantitative estimate of drug-likeness (QED) is 0.591. The molecule has 0 saturated carbocycles. The van der Waals surface area contributed by atoms with Crippen molar-refractivity contribution in [2.24, 2.45) is 0 Å². The molecule has 1 aliphatic rings. The molecule has 0 unspecified atom stereocenters. The third-order valence-electron chi connectivity index (χ3n) is 5.36. The van der Waals surface area contributed by atoms with Crippen molar-refractivity contribution in [3.05, 3.63) is 71.8 Å². The molecule has 0 radical (unpaired) electrons. The molecule has 0 aliphatic carbocycles. The van der Waals surface area contributed by atoms with E-state index in [0.29, 0.717) is 6.61 Å². The maximum absolute atomic E-state index is 6.11. The van der Waals surface area contributed by atoms with Gasteiger partial charge in [0.2, 0.25) is 0 Å². The lowest BCUT2D eigenvalue weighted by atomic mass is 10.0. The molecule has 1 aliphatic heterocycles. The molecule has 0 saturated heterocycles. The van der Waals surface area contributed by atoms with E-state index in [4.69, 9.17) is 18.9 Å². The number of nitrogens with zero attached hydrogens (tertiary/aromatic N) is 1. The van der Waals surface area contributed by atoms with Gasteiger partial charge < -0.3 is 18.9 Å². The van der Waals surface area contributed by atoms with E-state index in [1.54, 1.807) is 21.3 Å². The third-order valence-corrected chi connectivity index (χ3v) is 5.36. The molecule has 0 N–H and O–H groups in total. The Morgan fingerprint density at radius 2 is 1.70 bits per heavy atom. The first kappa shape index (κ1) is 20.1. The second-order valence-electron chi connectivity index (χ2n) is 7.28. The van der Waals surface area contributed by atoms with Crippen molar-refractivity contribution in [2.75, 3.05) is 34.5 Å². The van der Waals surface area contributed by atoms with Crippen molar-refractivity contribution >= 4 is 0 Å². The summed E-state index contributed by atoms with van der Waals surface area (Å²) in [5.41, 5.74) is 4.40. The SMILES string of the molecule is COc1cccc(CN2CCOc3c(cc(-c4ccccc4OC)cc3OC)C2)c1. The lowest BCUT2D eigenvalue weighted by molar-refractivity contribution is 0.216. The number of rotatable bonds is 6. The Balaban J connectivity index is 1.67. The van der Waals surface area contributed by atoms with Gasteiger partial charge in [-0.25, -0.2) is 0 Å². The van der Waals surface area contributed by atoms with Gasteiger partial charge in [0, 0.05) is 30.8 Å². The predicted molar refractivity (Wildman–Crippen MR) is 118 cm³/mol. The Bertz CT molecular complexity index is 1020. The monoisotopic (exact) mass is 405 g/mol. The van der Waals surface area contributed by atoms with Gasteiger partial charge in [-0.05, 0) is 41.5 Å². The topological polar surface area (TPSA) is 40.2 Å². The van der Waals surface area contributed by atoms with Gasteiger partial charge in [0.25, 0.3) is 0 Å². The third kappa shape index (κ3) is 4.21. The Morgan fingerprint density at radius 3 is 2.50 bits per heavy atom. The first-order valence-corrected chi connectivity index (χ1v) is 10.0. The Kier molecular flexibility index (Phi) is 6.10. The van der Waals surface area contributed by atoms with Crippen molar-refractivity contribution < 1.29 is 18.9 Å². The molecule has 0 aromatic heterocycles. The second kappa shape index (κ2) is 9.09. The molecular formula is C25H27NO4. The molecule has 0 amide bonds. The fourth-order valence-corrected chi connectivity index (χ4v) is 3.89. The second-order valence-corrected chi connectivity index (χ2v) is 7.28. The Labute approximate surface area is 177 Å². The summed E-state index contributed by atoms with van der Waals surface area (Å²) in [6, 6.07) is 20.4. The highest BCUT2D eigenvalue weighted by Gasteiger charge is 2.21. The zero-order chi connectivity index (χ0) is 20.9. The van der Waals surface area contributed by atoms with Crippen LogP contribution >= 0.6 is 0 Å². The van der Waals surface area contributed by atoms with Crippen LogP contribution in [0.3, 0.4) is 0 Å². The van der Waals surface area contributed by atoms with E-state index in [1.807, 2.05) is 36.4 Å². The summed E-state index contributed by atoms with van der Waals surface area (Å²) in [5.74, 6) is 3.28. The average Bonchev–Trinajstić information content (AvgIpc) is 3.00. The van der Waals surface area contributed by atoms with Crippen LogP contribution in [0.5, 0.6) is 23.0 Å². The van der Waals surface area contributed by atoms with Crippen LogP contribution in [0.2, 0.25) is 0 Å². The van der Waals surface area contributed by atoms with Gasteiger partial charge in [0.1, 0.15) is 18.1 Å². The van der Waals surface area contributed by atoms with Crippen molar-refractivity contribution in [3.8, 4) is 34.1 Å². The molecule has 5 nitrogen and oxygen atoms in total. The van der Waals surface area contributed by atoms with Crippen molar-refractivity contribution in [2.45, 2.75) is 13.1 Å². The Morgan fingerprint density at radius 1 is 0.867 bits per heavy atom. The van der Waals surface area contributed by atoms with Gasteiger partial charge in [-0.2, -0.15) is 0 Å². The minimum Gasteiger partial charge on any atom is -0.497 e. The molecule has 5 heteroatoms.